The molecule has 2 amide bonds. The van der Waals surface area contributed by atoms with Crippen molar-refractivity contribution in [2.45, 2.75) is 31.8 Å². The summed E-state index contributed by atoms with van der Waals surface area (Å²) in [6, 6.07) is 2.40. The first-order valence-corrected chi connectivity index (χ1v) is 9.29. The van der Waals surface area contributed by atoms with Gasteiger partial charge in [0.2, 0.25) is 5.95 Å². The summed E-state index contributed by atoms with van der Waals surface area (Å²) in [5.74, 6) is 1.35. The lowest BCUT2D eigenvalue weighted by atomic mass is 10.2. The molecule has 9 nitrogen and oxygen atoms in total. The lowest BCUT2D eigenvalue weighted by Crippen LogP contribution is -2.58. The molecule has 2 bridgehead atoms. The quantitative estimate of drug-likeness (QED) is 0.579. The maximum absolute atomic E-state index is 12.3. The molecule has 0 saturated carbocycles. The SMILES string of the molecule is C=C(/C=N\N(C)C)Nc1nccc(N2C[C@H]3CC[C@@H](C2)N3C(=O)NCC)n1. The van der Waals surface area contributed by atoms with Gasteiger partial charge in [0.15, 0.2) is 0 Å². The molecule has 0 spiro atoms. The number of hydrazone groups is 1. The van der Waals surface area contributed by atoms with Gasteiger partial charge in [0.05, 0.1) is 24.0 Å². The van der Waals surface area contributed by atoms with Gasteiger partial charge >= 0.3 is 6.03 Å². The molecule has 27 heavy (non-hydrogen) atoms. The predicted octanol–water partition coefficient (Wildman–Crippen LogP) is 1.33. The number of hydrogen-bond acceptors (Lipinski definition) is 7. The van der Waals surface area contributed by atoms with Crippen LogP contribution in [0.4, 0.5) is 16.6 Å². The zero-order valence-electron chi connectivity index (χ0n) is 16.2. The summed E-state index contributed by atoms with van der Waals surface area (Å²) in [6.45, 7) is 8.08. The Bertz CT molecular complexity index is 705. The Morgan fingerprint density at radius 2 is 2.11 bits per heavy atom. The topological polar surface area (TPSA) is 89.0 Å². The minimum absolute atomic E-state index is 0.0474. The highest BCUT2D eigenvalue weighted by molar-refractivity contribution is 5.81. The second-order valence-electron chi connectivity index (χ2n) is 7.01. The lowest BCUT2D eigenvalue weighted by Gasteiger charge is -2.41. The fraction of sp³-hybridized carbons (Fsp3) is 0.556. The fourth-order valence-electron chi connectivity index (χ4n) is 3.61. The number of nitrogens with zero attached hydrogens (tertiary/aromatic N) is 6. The molecule has 2 atom stereocenters. The Kier molecular flexibility index (Phi) is 5.78. The van der Waals surface area contributed by atoms with Gasteiger partial charge < -0.3 is 25.4 Å². The molecule has 0 unspecified atom stereocenters. The molecule has 0 aromatic carbocycles. The minimum Gasteiger partial charge on any atom is -0.352 e. The van der Waals surface area contributed by atoms with E-state index in [0.29, 0.717) is 18.2 Å². The van der Waals surface area contributed by atoms with Crippen LogP contribution in [0.2, 0.25) is 0 Å². The summed E-state index contributed by atoms with van der Waals surface area (Å²) in [5, 5.41) is 11.8. The zero-order valence-corrected chi connectivity index (χ0v) is 16.2. The summed E-state index contributed by atoms with van der Waals surface area (Å²) in [4.78, 5) is 25.5. The molecular formula is C18H28N8O. The Labute approximate surface area is 160 Å². The van der Waals surface area contributed by atoms with Crippen molar-refractivity contribution in [2.75, 3.05) is 43.9 Å². The van der Waals surface area contributed by atoms with Crippen LogP contribution in [0.3, 0.4) is 0 Å². The third-order valence-corrected chi connectivity index (χ3v) is 4.73. The van der Waals surface area contributed by atoms with E-state index in [-0.39, 0.29) is 18.1 Å². The molecule has 0 radical (unpaired) electrons. The lowest BCUT2D eigenvalue weighted by molar-refractivity contribution is 0.162. The summed E-state index contributed by atoms with van der Waals surface area (Å²) in [5.41, 5.74) is 0.613. The van der Waals surface area contributed by atoms with Gasteiger partial charge in [0, 0.05) is 39.9 Å². The van der Waals surface area contributed by atoms with Crippen LogP contribution < -0.4 is 15.5 Å². The van der Waals surface area contributed by atoms with Crippen molar-refractivity contribution in [1.82, 2.24) is 25.2 Å². The molecule has 146 valence electrons. The van der Waals surface area contributed by atoms with E-state index in [2.05, 4.69) is 37.2 Å². The van der Waals surface area contributed by atoms with Gasteiger partial charge in [-0.25, -0.2) is 9.78 Å². The molecule has 2 saturated heterocycles. The molecule has 2 aliphatic heterocycles. The summed E-state index contributed by atoms with van der Waals surface area (Å²) in [7, 11) is 3.69. The van der Waals surface area contributed by atoms with Crippen molar-refractivity contribution in [3.8, 4) is 0 Å². The summed E-state index contributed by atoms with van der Waals surface area (Å²) < 4.78 is 0. The first kappa shape index (κ1) is 18.9. The van der Waals surface area contributed by atoms with Crippen LogP contribution in [0.1, 0.15) is 19.8 Å². The van der Waals surface area contributed by atoms with E-state index in [4.69, 9.17) is 0 Å². The van der Waals surface area contributed by atoms with Crippen molar-refractivity contribution in [3.05, 3.63) is 24.5 Å². The molecule has 9 heteroatoms. The number of amides is 2. The number of allylic oxidation sites excluding steroid dienone is 1. The van der Waals surface area contributed by atoms with Gasteiger partial charge in [-0.2, -0.15) is 10.1 Å². The summed E-state index contributed by atoms with van der Waals surface area (Å²) >= 11 is 0. The maximum Gasteiger partial charge on any atom is 0.318 e. The number of rotatable bonds is 6. The fourth-order valence-corrected chi connectivity index (χ4v) is 3.61. The average molecular weight is 372 g/mol. The Hall–Kier alpha value is -2.84. The Morgan fingerprint density at radius 3 is 2.74 bits per heavy atom. The van der Waals surface area contributed by atoms with Crippen molar-refractivity contribution in [1.29, 1.82) is 0 Å². The number of carbonyl (C=O) groups is 1. The normalized spacial score (nSPS) is 21.4. The smallest absolute Gasteiger partial charge is 0.318 e. The van der Waals surface area contributed by atoms with Crippen molar-refractivity contribution >= 4 is 24.0 Å². The summed E-state index contributed by atoms with van der Waals surface area (Å²) in [6.07, 6.45) is 5.43. The average Bonchev–Trinajstić information content (AvgIpc) is 2.90. The molecular weight excluding hydrogens is 344 g/mol. The minimum atomic E-state index is 0.0474. The molecule has 3 heterocycles. The van der Waals surface area contributed by atoms with Gasteiger partial charge in [-0.1, -0.05) is 6.58 Å². The number of urea groups is 1. The van der Waals surface area contributed by atoms with Crippen LogP contribution in [0.5, 0.6) is 0 Å². The largest absolute Gasteiger partial charge is 0.352 e. The van der Waals surface area contributed by atoms with Gasteiger partial charge in [-0.05, 0) is 25.8 Å². The molecule has 2 aliphatic rings. The van der Waals surface area contributed by atoms with Crippen LogP contribution >= 0.6 is 0 Å². The number of nitrogens with one attached hydrogen (secondary N) is 2. The van der Waals surface area contributed by atoms with Crippen LogP contribution in [0.15, 0.2) is 29.6 Å². The Balaban J connectivity index is 1.66. The highest BCUT2D eigenvalue weighted by atomic mass is 16.2. The number of carbonyl (C=O) groups excluding carboxylic acids is 1. The maximum atomic E-state index is 12.3. The van der Waals surface area contributed by atoms with Crippen molar-refractivity contribution in [2.24, 2.45) is 5.10 Å². The molecule has 3 rings (SSSR count). The first-order valence-electron chi connectivity index (χ1n) is 9.29. The van der Waals surface area contributed by atoms with Crippen molar-refractivity contribution in [3.63, 3.8) is 0 Å². The Morgan fingerprint density at radius 1 is 1.41 bits per heavy atom. The number of piperazine rings is 1. The van der Waals surface area contributed by atoms with Gasteiger partial charge in [0.25, 0.3) is 0 Å². The number of hydrogen-bond donors (Lipinski definition) is 2. The van der Waals surface area contributed by atoms with Crippen LogP contribution in [0.25, 0.3) is 0 Å². The van der Waals surface area contributed by atoms with E-state index in [0.717, 1.165) is 31.7 Å². The van der Waals surface area contributed by atoms with E-state index < -0.39 is 0 Å². The zero-order chi connectivity index (χ0) is 19.4. The standard InChI is InChI=1S/C18H28N8O/c1-5-19-18(27)26-14-6-7-15(26)12-25(11-14)16-8-9-20-17(23-16)22-13(2)10-21-24(3)4/h8-10,14-15H,2,5-7,11-12H2,1,3-4H3,(H,19,27)(H,20,22,23)/b21-10-/t14-,15+. The third-order valence-electron chi connectivity index (χ3n) is 4.73. The van der Waals surface area contributed by atoms with Gasteiger partial charge in [-0.3, -0.25) is 0 Å². The third kappa shape index (κ3) is 4.47. The van der Waals surface area contributed by atoms with E-state index in [1.54, 1.807) is 17.4 Å². The molecule has 1 aromatic heterocycles. The van der Waals surface area contributed by atoms with Crippen LogP contribution in [-0.4, -0.2) is 77.9 Å². The molecule has 1 aromatic rings. The van der Waals surface area contributed by atoms with Crippen LogP contribution in [0, 0.1) is 0 Å². The van der Waals surface area contributed by atoms with Crippen LogP contribution in [-0.2, 0) is 0 Å². The highest BCUT2D eigenvalue weighted by Gasteiger charge is 2.42. The van der Waals surface area contributed by atoms with Crippen molar-refractivity contribution < 1.29 is 4.79 Å². The van der Waals surface area contributed by atoms with Gasteiger partial charge in [-0.15, -0.1) is 0 Å². The number of anilines is 2. The van der Waals surface area contributed by atoms with E-state index in [1.807, 2.05) is 32.0 Å². The molecule has 2 fully saturated rings. The monoisotopic (exact) mass is 372 g/mol. The number of fused-ring (bicyclic) bond motifs is 2. The molecule has 2 N–H and O–H groups in total. The van der Waals surface area contributed by atoms with E-state index in [1.165, 1.54) is 0 Å². The van der Waals surface area contributed by atoms with Gasteiger partial charge in [0.1, 0.15) is 5.82 Å². The highest BCUT2D eigenvalue weighted by Crippen LogP contribution is 2.32. The second kappa shape index (κ2) is 8.24. The molecule has 0 aliphatic carbocycles. The second-order valence-corrected chi connectivity index (χ2v) is 7.01. The van der Waals surface area contributed by atoms with E-state index >= 15 is 0 Å². The van der Waals surface area contributed by atoms with E-state index in [9.17, 15) is 4.79 Å². The number of aromatic nitrogens is 2. The predicted molar refractivity (Wildman–Crippen MR) is 107 cm³/mol. The first-order chi connectivity index (χ1) is 13.0.